The summed E-state index contributed by atoms with van der Waals surface area (Å²) in [6, 6.07) is 0. The fourth-order valence-electron chi connectivity index (χ4n) is 1.52. The topological polar surface area (TPSA) is 37.0 Å². The van der Waals surface area contributed by atoms with Gasteiger partial charge in [-0.2, -0.15) is 0 Å². The summed E-state index contributed by atoms with van der Waals surface area (Å²) in [6.45, 7) is 4.81. The second-order valence-corrected chi connectivity index (χ2v) is 3.29. The molecule has 2 rings (SSSR count). The van der Waals surface area contributed by atoms with Gasteiger partial charge in [0.15, 0.2) is 0 Å². The van der Waals surface area contributed by atoms with Crippen LogP contribution in [0, 0.1) is 0 Å². The number of hydrazine groups is 2. The number of rotatable bonds is 1. The average Bonchev–Trinajstić information content (AvgIpc) is 2.56. The molecule has 13 heavy (non-hydrogen) atoms. The van der Waals surface area contributed by atoms with Gasteiger partial charge in [0.1, 0.15) is 6.26 Å². The molecule has 2 aliphatic rings. The van der Waals surface area contributed by atoms with Crippen molar-refractivity contribution < 1.29 is 9.57 Å². The second-order valence-electron chi connectivity index (χ2n) is 3.29. The third kappa shape index (κ3) is 2.12. The zero-order valence-corrected chi connectivity index (χ0v) is 7.77. The van der Waals surface area contributed by atoms with Crippen molar-refractivity contribution in [2.24, 2.45) is 0 Å². The Morgan fingerprint density at radius 3 is 3.23 bits per heavy atom. The molecule has 5 heteroatoms. The molecule has 0 aliphatic carbocycles. The molecule has 1 fully saturated rings. The summed E-state index contributed by atoms with van der Waals surface area (Å²) >= 11 is 0. The highest BCUT2D eigenvalue weighted by Crippen LogP contribution is 2.09. The Kier molecular flexibility index (Phi) is 2.68. The van der Waals surface area contributed by atoms with Crippen LogP contribution in [0.1, 0.15) is 13.3 Å². The molecule has 0 radical (unpaired) electrons. The van der Waals surface area contributed by atoms with Crippen LogP contribution < -0.4 is 5.59 Å². The molecule has 5 nitrogen and oxygen atoms in total. The third-order valence-electron chi connectivity index (χ3n) is 2.15. The van der Waals surface area contributed by atoms with E-state index in [2.05, 4.69) is 17.5 Å². The Hall–Kier alpha value is -0.780. The van der Waals surface area contributed by atoms with Crippen LogP contribution >= 0.6 is 0 Å². The van der Waals surface area contributed by atoms with E-state index < -0.39 is 0 Å². The Morgan fingerprint density at radius 2 is 2.46 bits per heavy atom. The molecule has 0 bridgehead atoms. The van der Waals surface area contributed by atoms with Gasteiger partial charge in [-0.3, -0.25) is 0 Å². The highest BCUT2D eigenvalue weighted by Gasteiger charge is 2.20. The first-order valence-corrected chi connectivity index (χ1v) is 4.60. The molecule has 1 saturated heterocycles. The van der Waals surface area contributed by atoms with Gasteiger partial charge in [0.25, 0.3) is 0 Å². The summed E-state index contributed by atoms with van der Waals surface area (Å²) in [7, 11) is 0. The Bertz CT molecular complexity index is 198. The van der Waals surface area contributed by atoms with Crippen LogP contribution in [0.2, 0.25) is 0 Å². The number of hydrogen-bond donors (Lipinski definition) is 1. The molecule has 1 N–H and O–H groups in total. The third-order valence-corrected chi connectivity index (χ3v) is 2.15. The zero-order valence-electron chi connectivity index (χ0n) is 7.77. The maximum Gasteiger partial charge on any atom is 0.132 e. The van der Waals surface area contributed by atoms with E-state index in [1.807, 2.05) is 11.3 Å². The zero-order chi connectivity index (χ0) is 9.10. The Balaban J connectivity index is 1.92. The maximum absolute atomic E-state index is 5.53. The van der Waals surface area contributed by atoms with Gasteiger partial charge in [-0.05, 0) is 13.3 Å². The van der Waals surface area contributed by atoms with Crippen LogP contribution in [0.3, 0.4) is 0 Å². The predicted octanol–water partition coefficient (Wildman–Crippen LogP) is 0.235. The van der Waals surface area contributed by atoms with Crippen molar-refractivity contribution in [2.45, 2.75) is 19.4 Å². The van der Waals surface area contributed by atoms with E-state index in [1.54, 1.807) is 6.26 Å². The monoisotopic (exact) mass is 185 g/mol. The molecule has 1 unspecified atom stereocenters. The Morgan fingerprint density at radius 1 is 1.54 bits per heavy atom. The largest absolute Gasteiger partial charge is 0.394 e. The lowest BCUT2D eigenvalue weighted by atomic mass is 10.4. The molecular weight excluding hydrogens is 170 g/mol. The first-order valence-electron chi connectivity index (χ1n) is 4.60. The van der Waals surface area contributed by atoms with Crippen molar-refractivity contribution >= 4 is 0 Å². The van der Waals surface area contributed by atoms with Crippen LogP contribution in [0.15, 0.2) is 12.5 Å². The van der Waals surface area contributed by atoms with Gasteiger partial charge in [0.2, 0.25) is 0 Å². The molecule has 0 amide bonds. The van der Waals surface area contributed by atoms with E-state index in [1.165, 1.54) is 0 Å². The van der Waals surface area contributed by atoms with E-state index in [9.17, 15) is 0 Å². The van der Waals surface area contributed by atoms with Gasteiger partial charge in [-0.15, -0.1) is 0 Å². The summed E-state index contributed by atoms with van der Waals surface area (Å²) in [6.07, 6.45) is 4.81. The fourth-order valence-corrected chi connectivity index (χ4v) is 1.52. The van der Waals surface area contributed by atoms with Gasteiger partial charge in [0, 0.05) is 19.7 Å². The van der Waals surface area contributed by atoms with E-state index in [0.717, 1.165) is 26.1 Å². The predicted molar refractivity (Wildman–Crippen MR) is 46.8 cm³/mol. The van der Waals surface area contributed by atoms with Crippen LogP contribution in [0.5, 0.6) is 0 Å². The van der Waals surface area contributed by atoms with Crippen molar-refractivity contribution in [3.8, 4) is 0 Å². The molecule has 2 aliphatic heterocycles. The van der Waals surface area contributed by atoms with Gasteiger partial charge in [0.05, 0.1) is 12.3 Å². The lowest BCUT2D eigenvalue weighted by molar-refractivity contribution is -0.109. The van der Waals surface area contributed by atoms with Crippen molar-refractivity contribution in [2.75, 3.05) is 19.7 Å². The minimum absolute atomic E-state index is 0.276. The molecule has 0 spiro atoms. The minimum Gasteiger partial charge on any atom is -0.394 e. The van der Waals surface area contributed by atoms with Gasteiger partial charge < -0.3 is 9.57 Å². The second kappa shape index (κ2) is 3.95. The first-order chi connectivity index (χ1) is 6.36. The highest BCUT2D eigenvalue weighted by molar-refractivity contribution is 4.76. The molecule has 74 valence electrons. The van der Waals surface area contributed by atoms with E-state index >= 15 is 0 Å². The van der Waals surface area contributed by atoms with Crippen molar-refractivity contribution in [1.29, 1.82) is 0 Å². The van der Waals surface area contributed by atoms with Gasteiger partial charge in [-0.1, -0.05) is 5.59 Å². The average molecular weight is 185 g/mol. The number of ether oxygens (including phenoxy) is 1. The summed E-state index contributed by atoms with van der Waals surface area (Å²) < 4.78 is 5.53. The molecular formula is C8H15N3O2. The molecule has 0 aromatic heterocycles. The van der Waals surface area contributed by atoms with Crippen molar-refractivity contribution in [3.63, 3.8) is 0 Å². The standard InChI is InChI=1S/C8H15N3O2/c1-8-7-10(3-2-5-12-8)11-4-6-13-9-11/h4,6,8-9H,2-3,5,7H2,1H3. The smallest absolute Gasteiger partial charge is 0.132 e. The van der Waals surface area contributed by atoms with Gasteiger partial charge in [-0.25, -0.2) is 10.1 Å². The Labute approximate surface area is 77.8 Å². The molecule has 0 aromatic carbocycles. The number of nitrogens with one attached hydrogen (secondary N) is 1. The lowest BCUT2D eigenvalue weighted by Gasteiger charge is -2.29. The number of nitrogens with zero attached hydrogens (tertiary/aromatic N) is 2. The lowest BCUT2D eigenvalue weighted by Crippen LogP contribution is -2.47. The highest BCUT2D eigenvalue weighted by atomic mass is 16.7. The normalized spacial score (nSPS) is 30.2. The quantitative estimate of drug-likeness (QED) is 0.633. The minimum atomic E-state index is 0.276. The molecule has 2 heterocycles. The van der Waals surface area contributed by atoms with Gasteiger partial charge >= 0.3 is 0 Å². The van der Waals surface area contributed by atoms with Crippen LogP contribution in [-0.4, -0.2) is 35.9 Å². The van der Waals surface area contributed by atoms with Crippen LogP contribution in [0.25, 0.3) is 0 Å². The van der Waals surface area contributed by atoms with Crippen molar-refractivity contribution in [1.82, 2.24) is 15.7 Å². The van der Waals surface area contributed by atoms with Crippen LogP contribution in [-0.2, 0) is 9.57 Å². The summed E-state index contributed by atoms with van der Waals surface area (Å²) in [4.78, 5) is 4.90. The van der Waals surface area contributed by atoms with Crippen LogP contribution in [0.4, 0.5) is 0 Å². The van der Waals surface area contributed by atoms with E-state index in [0.29, 0.717) is 0 Å². The molecule has 0 saturated carbocycles. The fraction of sp³-hybridized carbons (Fsp3) is 0.750. The summed E-state index contributed by atoms with van der Waals surface area (Å²) in [5.41, 5.74) is 2.77. The summed E-state index contributed by atoms with van der Waals surface area (Å²) in [5.74, 6) is 0. The summed E-state index contributed by atoms with van der Waals surface area (Å²) in [5, 5.41) is 4.02. The number of hydrogen-bond acceptors (Lipinski definition) is 5. The van der Waals surface area contributed by atoms with E-state index in [-0.39, 0.29) is 6.10 Å². The van der Waals surface area contributed by atoms with E-state index in [4.69, 9.17) is 9.57 Å². The molecule has 1 atom stereocenters. The van der Waals surface area contributed by atoms with Crippen molar-refractivity contribution in [3.05, 3.63) is 12.5 Å². The molecule has 0 aromatic rings. The first kappa shape index (κ1) is 8.80. The maximum atomic E-state index is 5.53. The SMILES string of the molecule is CC1CN(N2C=CON2)CCCO1.